The van der Waals surface area contributed by atoms with Gasteiger partial charge in [-0.1, -0.05) is 25.1 Å². The minimum atomic E-state index is 0.547. The summed E-state index contributed by atoms with van der Waals surface area (Å²) in [6, 6.07) is 9.38. The number of nitrogens with one attached hydrogen (secondary N) is 1. The van der Waals surface area contributed by atoms with Crippen molar-refractivity contribution in [2.75, 3.05) is 11.9 Å². The van der Waals surface area contributed by atoms with Crippen molar-refractivity contribution in [3.63, 3.8) is 0 Å². The van der Waals surface area contributed by atoms with Crippen LogP contribution in [0.1, 0.15) is 44.6 Å². The Labute approximate surface area is 116 Å². The van der Waals surface area contributed by atoms with Gasteiger partial charge in [0.15, 0.2) is 0 Å². The molecule has 104 valence electrons. The van der Waals surface area contributed by atoms with Crippen LogP contribution in [-0.2, 0) is 11.2 Å². The van der Waals surface area contributed by atoms with E-state index in [9.17, 15) is 0 Å². The summed E-state index contributed by atoms with van der Waals surface area (Å²) in [5.41, 5.74) is 2.83. The molecule has 2 aliphatic rings. The lowest BCUT2D eigenvalue weighted by molar-refractivity contribution is 0.101. The second-order valence-corrected chi connectivity index (χ2v) is 6.16. The molecule has 1 aromatic rings. The molecule has 1 aromatic carbocycles. The molecular weight excluding hydrogens is 234 g/mol. The van der Waals surface area contributed by atoms with Crippen LogP contribution in [0, 0.1) is 5.92 Å². The highest BCUT2D eigenvalue weighted by Gasteiger charge is 2.24. The van der Waals surface area contributed by atoms with Crippen LogP contribution in [0.2, 0.25) is 0 Å². The molecule has 1 N–H and O–H groups in total. The Kier molecular flexibility index (Phi) is 4.07. The Morgan fingerprint density at radius 2 is 2.16 bits per heavy atom. The third-order valence-electron chi connectivity index (χ3n) is 4.65. The Hall–Kier alpha value is -1.02. The summed E-state index contributed by atoms with van der Waals surface area (Å²) in [4.78, 5) is 0. The molecule has 1 saturated heterocycles. The number of anilines is 1. The van der Waals surface area contributed by atoms with Crippen molar-refractivity contribution in [2.24, 2.45) is 5.92 Å². The van der Waals surface area contributed by atoms with Gasteiger partial charge in [0, 0.05) is 18.3 Å². The minimum absolute atomic E-state index is 0.547. The number of benzene rings is 1. The summed E-state index contributed by atoms with van der Waals surface area (Å²) >= 11 is 0. The summed E-state index contributed by atoms with van der Waals surface area (Å²) < 4.78 is 5.71. The van der Waals surface area contributed by atoms with Gasteiger partial charge in [0.25, 0.3) is 0 Å². The van der Waals surface area contributed by atoms with Crippen LogP contribution < -0.4 is 5.32 Å². The molecule has 0 spiro atoms. The number of hydrogen-bond donors (Lipinski definition) is 1. The van der Waals surface area contributed by atoms with E-state index in [0.29, 0.717) is 12.1 Å². The highest BCUT2D eigenvalue weighted by Crippen LogP contribution is 2.30. The lowest BCUT2D eigenvalue weighted by Crippen LogP contribution is -2.33. The Balaban J connectivity index is 1.51. The zero-order chi connectivity index (χ0) is 13.1. The number of hydrogen-bond acceptors (Lipinski definition) is 2. The van der Waals surface area contributed by atoms with Crippen molar-refractivity contribution in [3.05, 3.63) is 29.8 Å². The first-order valence-corrected chi connectivity index (χ1v) is 7.79. The molecule has 0 radical (unpaired) electrons. The zero-order valence-corrected chi connectivity index (χ0v) is 11.9. The first kappa shape index (κ1) is 13.0. The summed E-state index contributed by atoms with van der Waals surface area (Å²) in [5, 5.41) is 3.73. The van der Waals surface area contributed by atoms with Crippen LogP contribution in [-0.4, -0.2) is 18.8 Å². The molecule has 19 heavy (non-hydrogen) atoms. The lowest BCUT2D eigenvalue weighted by atomic mass is 9.86. The third-order valence-corrected chi connectivity index (χ3v) is 4.65. The molecule has 0 aromatic heterocycles. The molecule has 2 heterocycles. The monoisotopic (exact) mass is 259 g/mol. The fourth-order valence-electron chi connectivity index (χ4n) is 3.46. The Bertz CT molecular complexity index is 411. The average molecular weight is 259 g/mol. The number of fused-ring (bicyclic) bond motifs is 1. The first-order valence-electron chi connectivity index (χ1n) is 7.79. The van der Waals surface area contributed by atoms with Crippen LogP contribution in [0.25, 0.3) is 0 Å². The topological polar surface area (TPSA) is 21.3 Å². The van der Waals surface area contributed by atoms with E-state index in [4.69, 9.17) is 4.74 Å². The predicted molar refractivity (Wildman–Crippen MR) is 79.5 cm³/mol. The number of ether oxygens (including phenoxy) is 1. The third kappa shape index (κ3) is 3.11. The van der Waals surface area contributed by atoms with Gasteiger partial charge in [0.05, 0.1) is 6.10 Å². The van der Waals surface area contributed by atoms with Crippen LogP contribution in [0.5, 0.6) is 0 Å². The van der Waals surface area contributed by atoms with Crippen molar-refractivity contribution >= 4 is 5.69 Å². The Morgan fingerprint density at radius 3 is 3.00 bits per heavy atom. The van der Waals surface area contributed by atoms with Crippen molar-refractivity contribution < 1.29 is 4.74 Å². The van der Waals surface area contributed by atoms with Crippen molar-refractivity contribution in [2.45, 2.75) is 57.6 Å². The van der Waals surface area contributed by atoms with Crippen LogP contribution >= 0.6 is 0 Å². The zero-order valence-electron chi connectivity index (χ0n) is 11.9. The van der Waals surface area contributed by atoms with E-state index in [1.807, 2.05) is 0 Å². The molecule has 0 bridgehead atoms. The van der Waals surface area contributed by atoms with Crippen LogP contribution in [0.4, 0.5) is 5.69 Å². The maximum Gasteiger partial charge on any atom is 0.0576 e. The van der Waals surface area contributed by atoms with Crippen LogP contribution in [0.15, 0.2) is 24.3 Å². The highest BCUT2D eigenvalue weighted by atomic mass is 16.5. The molecular formula is C17H25NO. The molecule has 3 rings (SSSR count). The maximum absolute atomic E-state index is 5.71. The van der Waals surface area contributed by atoms with Gasteiger partial charge in [-0.2, -0.15) is 0 Å². The second-order valence-electron chi connectivity index (χ2n) is 6.16. The van der Waals surface area contributed by atoms with Crippen molar-refractivity contribution in [1.29, 1.82) is 0 Å². The van der Waals surface area contributed by atoms with Crippen LogP contribution in [0.3, 0.4) is 0 Å². The summed E-state index contributed by atoms with van der Waals surface area (Å²) in [6.07, 6.45) is 8.10. The molecule has 0 amide bonds. The van der Waals surface area contributed by atoms with Gasteiger partial charge < -0.3 is 10.1 Å². The Morgan fingerprint density at radius 1 is 1.26 bits per heavy atom. The van der Waals surface area contributed by atoms with Crippen molar-refractivity contribution in [1.82, 2.24) is 0 Å². The van der Waals surface area contributed by atoms with E-state index >= 15 is 0 Å². The van der Waals surface area contributed by atoms with Gasteiger partial charge >= 0.3 is 0 Å². The lowest BCUT2D eigenvalue weighted by Gasteiger charge is -2.33. The quantitative estimate of drug-likeness (QED) is 0.882. The van der Waals surface area contributed by atoms with Gasteiger partial charge in [-0.15, -0.1) is 0 Å². The molecule has 1 fully saturated rings. The largest absolute Gasteiger partial charge is 0.382 e. The highest BCUT2D eigenvalue weighted by molar-refractivity contribution is 5.54. The molecule has 0 saturated carbocycles. The van der Waals surface area contributed by atoms with Gasteiger partial charge in [0.1, 0.15) is 0 Å². The van der Waals surface area contributed by atoms with E-state index in [-0.39, 0.29) is 0 Å². The van der Waals surface area contributed by atoms with Crippen molar-refractivity contribution in [3.8, 4) is 0 Å². The summed E-state index contributed by atoms with van der Waals surface area (Å²) in [6.45, 7) is 3.36. The fourth-order valence-corrected chi connectivity index (χ4v) is 3.46. The molecule has 0 aliphatic carbocycles. The second kappa shape index (κ2) is 5.96. The standard InChI is InChI=1S/C17H25NO/c1-13-12-14-6-2-3-9-17(14)18-16(13)10-4-7-15-8-5-11-19-15/h2-3,6,9,13,15-16,18H,4-5,7-8,10-12H2,1H3. The summed E-state index contributed by atoms with van der Waals surface area (Å²) in [5.74, 6) is 0.736. The van der Waals surface area contributed by atoms with E-state index in [1.165, 1.54) is 49.8 Å². The molecule has 2 nitrogen and oxygen atoms in total. The van der Waals surface area contributed by atoms with E-state index in [1.54, 1.807) is 0 Å². The number of para-hydroxylation sites is 1. The van der Waals surface area contributed by atoms with Gasteiger partial charge in [-0.3, -0.25) is 0 Å². The SMILES string of the molecule is CC1Cc2ccccc2NC1CCCC1CCCO1. The smallest absolute Gasteiger partial charge is 0.0576 e. The van der Waals surface area contributed by atoms with E-state index < -0.39 is 0 Å². The minimum Gasteiger partial charge on any atom is -0.382 e. The van der Waals surface area contributed by atoms with E-state index in [0.717, 1.165) is 12.5 Å². The first-order chi connectivity index (χ1) is 9.33. The molecule has 3 atom stereocenters. The normalized spacial score (nSPS) is 29.8. The van der Waals surface area contributed by atoms with Gasteiger partial charge in [-0.05, 0) is 56.1 Å². The fraction of sp³-hybridized carbons (Fsp3) is 0.647. The summed E-state index contributed by atoms with van der Waals surface area (Å²) in [7, 11) is 0. The van der Waals surface area contributed by atoms with Gasteiger partial charge in [-0.25, -0.2) is 0 Å². The van der Waals surface area contributed by atoms with Gasteiger partial charge in [0.2, 0.25) is 0 Å². The molecule has 3 unspecified atom stereocenters. The predicted octanol–water partition coefficient (Wildman–Crippen LogP) is 4.01. The average Bonchev–Trinajstić information content (AvgIpc) is 2.92. The molecule has 2 aliphatic heterocycles. The number of rotatable bonds is 4. The maximum atomic E-state index is 5.71. The van der Waals surface area contributed by atoms with E-state index in [2.05, 4.69) is 36.5 Å². The molecule has 2 heteroatoms.